The molecule has 1 aromatic heterocycles. The van der Waals surface area contributed by atoms with Crippen LogP contribution < -0.4 is 0 Å². The molecule has 0 saturated carbocycles. The number of piperidine rings is 1. The van der Waals surface area contributed by atoms with E-state index in [-0.39, 0.29) is 11.7 Å². The lowest BCUT2D eigenvalue weighted by atomic mass is 9.82. The molecule has 1 aliphatic carbocycles. The molecule has 1 saturated heterocycles. The highest BCUT2D eigenvalue weighted by molar-refractivity contribution is 5.94. The number of rotatable bonds is 6. The largest absolute Gasteiger partial charge is 0.337 e. The molecule has 0 N–H and O–H groups in total. The van der Waals surface area contributed by atoms with Crippen LogP contribution in [0.3, 0.4) is 0 Å². The van der Waals surface area contributed by atoms with Crippen LogP contribution in [-0.2, 0) is 25.8 Å². The second kappa shape index (κ2) is 9.10. The Hall–Kier alpha value is -2.17. The van der Waals surface area contributed by atoms with Crippen molar-refractivity contribution in [2.75, 3.05) is 13.1 Å². The van der Waals surface area contributed by atoms with Crippen molar-refractivity contribution in [3.05, 3.63) is 52.6 Å². The van der Waals surface area contributed by atoms with Gasteiger partial charge in [-0.25, -0.2) is 4.39 Å². The number of aromatic nitrogens is 2. The molecule has 5 heteroatoms. The molecule has 156 valence electrons. The molecule has 2 aromatic rings. The molecule has 0 radical (unpaired) electrons. The smallest absolute Gasteiger partial charge is 0.274 e. The van der Waals surface area contributed by atoms with E-state index in [9.17, 15) is 9.18 Å². The molecule has 1 amide bonds. The minimum Gasteiger partial charge on any atom is -0.337 e. The van der Waals surface area contributed by atoms with E-state index in [0.29, 0.717) is 11.6 Å². The molecular weight excluding hydrogens is 365 g/mol. The Balaban J connectivity index is 1.50. The van der Waals surface area contributed by atoms with Crippen LogP contribution in [0.15, 0.2) is 24.3 Å². The first kappa shape index (κ1) is 20.1. The molecule has 4 rings (SSSR count). The van der Waals surface area contributed by atoms with E-state index < -0.39 is 0 Å². The minimum absolute atomic E-state index is 0.134. The van der Waals surface area contributed by atoms with Gasteiger partial charge < -0.3 is 4.90 Å². The van der Waals surface area contributed by atoms with E-state index in [2.05, 4.69) is 11.6 Å². The summed E-state index contributed by atoms with van der Waals surface area (Å²) in [6.07, 6.45) is 9.56. The second-order valence-corrected chi connectivity index (χ2v) is 8.62. The average Bonchev–Trinajstić information content (AvgIpc) is 3.11. The molecule has 1 fully saturated rings. The fourth-order valence-electron chi connectivity index (χ4n) is 4.84. The molecule has 0 spiro atoms. The molecule has 1 aromatic carbocycles. The van der Waals surface area contributed by atoms with E-state index in [1.54, 1.807) is 12.1 Å². The zero-order valence-corrected chi connectivity index (χ0v) is 17.5. The van der Waals surface area contributed by atoms with Gasteiger partial charge in [0, 0.05) is 30.9 Å². The minimum atomic E-state index is -0.180. The maximum Gasteiger partial charge on any atom is 0.274 e. The fraction of sp³-hybridized carbons (Fsp3) is 0.583. The van der Waals surface area contributed by atoms with Crippen LogP contribution in [0.5, 0.6) is 0 Å². The van der Waals surface area contributed by atoms with Gasteiger partial charge in [0.15, 0.2) is 5.69 Å². The second-order valence-electron chi connectivity index (χ2n) is 8.62. The van der Waals surface area contributed by atoms with Crippen molar-refractivity contribution in [2.24, 2.45) is 5.92 Å². The Morgan fingerprint density at radius 2 is 1.93 bits per heavy atom. The van der Waals surface area contributed by atoms with Crippen molar-refractivity contribution in [1.29, 1.82) is 0 Å². The number of nitrogens with zero attached hydrogens (tertiary/aromatic N) is 3. The van der Waals surface area contributed by atoms with Crippen molar-refractivity contribution in [3.8, 4) is 0 Å². The Morgan fingerprint density at radius 1 is 1.17 bits per heavy atom. The molecule has 2 heterocycles. The zero-order chi connectivity index (χ0) is 20.2. The van der Waals surface area contributed by atoms with E-state index in [1.807, 2.05) is 17.0 Å². The Morgan fingerprint density at radius 3 is 2.66 bits per heavy atom. The zero-order valence-electron chi connectivity index (χ0n) is 17.5. The molecular formula is C24H32FN3O. The summed E-state index contributed by atoms with van der Waals surface area (Å²) in [5, 5.41) is 4.80. The van der Waals surface area contributed by atoms with Crippen molar-refractivity contribution in [1.82, 2.24) is 14.7 Å². The summed E-state index contributed by atoms with van der Waals surface area (Å²) >= 11 is 0. The Bertz CT molecular complexity index is 837. The normalized spacial score (nSPS) is 19.2. The molecule has 0 bridgehead atoms. The number of carbonyl (C=O) groups is 1. The van der Waals surface area contributed by atoms with Crippen LogP contribution in [0.1, 0.15) is 72.8 Å². The highest BCUT2D eigenvalue weighted by atomic mass is 19.1. The monoisotopic (exact) mass is 397 g/mol. The third kappa shape index (κ3) is 4.54. The van der Waals surface area contributed by atoms with Gasteiger partial charge in [-0.1, -0.05) is 19.1 Å². The van der Waals surface area contributed by atoms with E-state index in [0.717, 1.165) is 71.0 Å². The van der Waals surface area contributed by atoms with Gasteiger partial charge in [-0.2, -0.15) is 5.10 Å². The maximum absolute atomic E-state index is 13.2. The van der Waals surface area contributed by atoms with Crippen LogP contribution in [0.25, 0.3) is 0 Å². The van der Waals surface area contributed by atoms with Gasteiger partial charge in [0.05, 0.1) is 0 Å². The summed E-state index contributed by atoms with van der Waals surface area (Å²) in [7, 11) is 0. The Kier molecular flexibility index (Phi) is 6.31. The predicted octanol–water partition coefficient (Wildman–Crippen LogP) is 4.80. The summed E-state index contributed by atoms with van der Waals surface area (Å²) in [6, 6.07) is 6.85. The van der Waals surface area contributed by atoms with E-state index in [1.165, 1.54) is 23.2 Å². The van der Waals surface area contributed by atoms with Gasteiger partial charge in [-0.3, -0.25) is 9.48 Å². The number of fused-ring (bicyclic) bond motifs is 1. The van der Waals surface area contributed by atoms with Gasteiger partial charge in [-0.05, 0) is 81.4 Å². The maximum atomic E-state index is 13.2. The molecule has 1 atom stereocenters. The number of likely N-dealkylation sites (tertiary alicyclic amines) is 1. The first-order chi connectivity index (χ1) is 14.2. The van der Waals surface area contributed by atoms with Gasteiger partial charge in [0.25, 0.3) is 5.91 Å². The Labute approximate surface area is 173 Å². The van der Waals surface area contributed by atoms with Crippen LogP contribution in [-0.4, -0.2) is 33.7 Å². The van der Waals surface area contributed by atoms with Crippen molar-refractivity contribution >= 4 is 5.91 Å². The van der Waals surface area contributed by atoms with Crippen molar-refractivity contribution < 1.29 is 9.18 Å². The summed E-state index contributed by atoms with van der Waals surface area (Å²) in [6.45, 7) is 4.77. The highest BCUT2D eigenvalue weighted by Crippen LogP contribution is 2.32. The van der Waals surface area contributed by atoms with Crippen LogP contribution in [0.2, 0.25) is 0 Å². The predicted molar refractivity (Wildman–Crippen MR) is 113 cm³/mol. The third-order valence-electron chi connectivity index (χ3n) is 6.48. The van der Waals surface area contributed by atoms with Gasteiger partial charge >= 0.3 is 0 Å². The number of benzene rings is 1. The van der Waals surface area contributed by atoms with E-state index >= 15 is 0 Å². The summed E-state index contributed by atoms with van der Waals surface area (Å²) < 4.78 is 15.2. The number of halogens is 1. The number of amides is 1. The molecule has 1 aliphatic heterocycles. The van der Waals surface area contributed by atoms with Gasteiger partial charge in [-0.15, -0.1) is 0 Å². The van der Waals surface area contributed by atoms with Crippen molar-refractivity contribution in [2.45, 2.75) is 71.3 Å². The number of carbonyl (C=O) groups excluding carboxylic acids is 1. The van der Waals surface area contributed by atoms with Gasteiger partial charge in [0.2, 0.25) is 0 Å². The lowest BCUT2D eigenvalue weighted by molar-refractivity contribution is 0.0716. The SMILES string of the molecule is CCCn1nc(C(=O)N2CCCCC2)c2c1CCC(CCc1ccc(F)cc1)C2. The molecule has 29 heavy (non-hydrogen) atoms. The fourth-order valence-corrected chi connectivity index (χ4v) is 4.84. The first-order valence-electron chi connectivity index (χ1n) is 11.3. The first-order valence-corrected chi connectivity index (χ1v) is 11.3. The highest BCUT2D eigenvalue weighted by Gasteiger charge is 2.31. The molecule has 2 aliphatic rings. The van der Waals surface area contributed by atoms with Crippen LogP contribution >= 0.6 is 0 Å². The lowest BCUT2D eigenvalue weighted by Crippen LogP contribution is -2.36. The number of aryl methyl sites for hydroxylation is 2. The number of hydrogen-bond acceptors (Lipinski definition) is 2. The quantitative estimate of drug-likeness (QED) is 0.702. The van der Waals surface area contributed by atoms with Crippen LogP contribution in [0, 0.1) is 11.7 Å². The summed E-state index contributed by atoms with van der Waals surface area (Å²) in [5.41, 5.74) is 4.37. The summed E-state index contributed by atoms with van der Waals surface area (Å²) in [5.74, 6) is 0.509. The topological polar surface area (TPSA) is 38.1 Å². The van der Waals surface area contributed by atoms with Crippen molar-refractivity contribution in [3.63, 3.8) is 0 Å². The standard InChI is InChI=1S/C24H32FN3O/c1-2-14-28-22-13-10-19(7-6-18-8-11-20(25)12-9-18)17-21(22)23(26-28)24(29)27-15-4-3-5-16-27/h8-9,11-12,19H,2-7,10,13-17H2,1H3. The number of hydrogen-bond donors (Lipinski definition) is 0. The lowest BCUT2D eigenvalue weighted by Gasteiger charge is -2.27. The van der Waals surface area contributed by atoms with Crippen LogP contribution in [0.4, 0.5) is 4.39 Å². The molecule has 4 nitrogen and oxygen atoms in total. The van der Waals surface area contributed by atoms with E-state index in [4.69, 9.17) is 5.10 Å². The van der Waals surface area contributed by atoms with Gasteiger partial charge in [0.1, 0.15) is 5.82 Å². The average molecular weight is 398 g/mol. The summed E-state index contributed by atoms with van der Waals surface area (Å²) in [4.78, 5) is 15.2. The third-order valence-corrected chi connectivity index (χ3v) is 6.48. The molecule has 1 unspecified atom stereocenters.